The topological polar surface area (TPSA) is 64.7 Å². The highest BCUT2D eigenvalue weighted by molar-refractivity contribution is 5.53. The average Bonchev–Trinajstić information content (AvgIpc) is 2.16. The molecule has 0 saturated heterocycles. The second-order valence-corrected chi connectivity index (χ2v) is 3.06. The van der Waals surface area contributed by atoms with E-state index in [1.807, 2.05) is 6.92 Å². The van der Waals surface area contributed by atoms with Crippen molar-refractivity contribution in [2.24, 2.45) is 5.73 Å². The molecule has 3 N–H and O–H groups in total. The highest BCUT2D eigenvalue weighted by atomic mass is 16.5. The van der Waals surface area contributed by atoms with Crippen LogP contribution < -0.4 is 15.2 Å². The van der Waals surface area contributed by atoms with Crippen molar-refractivity contribution in [2.45, 2.75) is 13.0 Å². The summed E-state index contributed by atoms with van der Waals surface area (Å²) in [4.78, 5) is 0. The zero-order valence-electron chi connectivity index (χ0n) is 8.57. The number of methoxy groups -OCH3 is 2. The maximum absolute atomic E-state index is 9.59. The van der Waals surface area contributed by atoms with Crippen molar-refractivity contribution in [3.05, 3.63) is 17.7 Å². The van der Waals surface area contributed by atoms with E-state index in [0.29, 0.717) is 11.5 Å². The smallest absolute Gasteiger partial charge is 0.203 e. The number of hydrogen-bond acceptors (Lipinski definition) is 4. The number of ether oxygens (including phenoxy) is 2. The van der Waals surface area contributed by atoms with Crippen molar-refractivity contribution in [1.82, 2.24) is 0 Å². The largest absolute Gasteiger partial charge is 0.504 e. The van der Waals surface area contributed by atoms with Gasteiger partial charge in [-0.25, -0.2) is 0 Å². The molecule has 0 aliphatic rings. The molecule has 4 nitrogen and oxygen atoms in total. The van der Waals surface area contributed by atoms with E-state index in [1.54, 1.807) is 12.1 Å². The average molecular weight is 197 g/mol. The van der Waals surface area contributed by atoms with Crippen LogP contribution >= 0.6 is 0 Å². The van der Waals surface area contributed by atoms with Crippen LogP contribution in [0.25, 0.3) is 0 Å². The first kappa shape index (κ1) is 10.7. The van der Waals surface area contributed by atoms with E-state index in [2.05, 4.69) is 0 Å². The van der Waals surface area contributed by atoms with Gasteiger partial charge in [0, 0.05) is 6.04 Å². The molecule has 1 aromatic rings. The molecule has 0 saturated carbocycles. The van der Waals surface area contributed by atoms with Gasteiger partial charge in [-0.15, -0.1) is 0 Å². The standard InChI is InChI=1S/C10H15NO3/c1-6(11)7-4-8(12)10(14-3)9(5-7)13-2/h4-6,12H,11H2,1-3H3/t6-/m1/s1. The monoisotopic (exact) mass is 197 g/mol. The van der Waals surface area contributed by atoms with E-state index in [1.165, 1.54) is 14.2 Å². The van der Waals surface area contributed by atoms with E-state index in [-0.39, 0.29) is 11.8 Å². The first-order valence-electron chi connectivity index (χ1n) is 4.30. The fourth-order valence-corrected chi connectivity index (χ4v) is 1.23. The first-order valence-corrected chi connectivity index (χ1v) is 4.30. The molecule has 0 fully saturated rings. The maximum Gasteiger partial charge on any atom is 0.203 e. The lowest BCUT2D eigenvalue weighted by Crippen LogP contribution is -2.05. The summed E-state index contributed by atoms with van der Waals surface area (Å²) in [6.07, 6.45) is 0. The molecular weight excluding hydrogens is 182 g/mol. The fourth-order valence-electron chi connectivity index (χ4n) is 1.23. The van der Waals surface area contributed by atoms with Crippen molar-refractivity contribution < 1.29 is 14.6 Å². The molecule has 0 radical (unpaired) electrons. The Labute approximate surface area is 83.3 Å². The summed E-state index contributed by atoms with van der Waals surface area (Å²) in [5.74, 6) is 0.857. The lowest BCUT2D eigenvalue weighted by molar-refractivity contribution is 0.332. The van der Waals surface area contributed by atoms with Gasteiger partial charge in [0.25, 0.3) is 0 Å². The van der Waals surface area contributed by atoms with E-state index in [9.17, 15) is 5.11 Å². The molecule has 0 aromatic heterocycles. The Bertz CT molecular complexity index is 323. The summed E-state index contributed by atoms with van der Waals surface area (Å²) in [6, 6.07) is 3.18. The Balaban J connectivity index is 3.24. The highest BCUT2D eigenvalue weighted by Crippen LogP contribution is 2.38. The molecule has 1 atom stereocenters. The number of aromatic hydroxyl groups is 1. The second kappa shape index (κ2) is 4.19. The molecule has 0 aliphatic heterocycles. The molecule has 0 heterocycles. The van der Waals surface area contributed by atoms with Gasteiger partial charge >= 0.3 is 0 Å². The van der Waals surface area contributed by atoms with Gasteiger partial charge in [-0.3, -0.25) is 0 Å². The number of nitrogens with two attached hydrogens (primary N) is 1. The van der Waals surface area contributed by atoms with Crippen molar-refractivity contribution in [3.8, 4) is 17.2 Å². The lowest BCUT2D eigenvalue weighted by atomic mass is 10.1. The summed E-state index contributed by atoms with van der Waals surface area (Å²) in [6.45, 7) is 1.83. The third-order valence-electron chi connectivity index (χ3n) is 2.01. The number of benzene rings is 1. The Kier molecular flexibility index (Phi) is 3.19. The van der Waals surface area contributed by atoms with E-state index in [4.69, 9.17) is 15.2 Å². The van der Waals surface area contributed by atoms with Crippen LogP contribution in [0, 0.1) is 0 Å². The predicted octanol–water partition coefficient (Wildman–Crippen LogP) is 1.43. The van der Waals surface area contributed by atoms with Crippen LogP contribution in [0.15, 0.2) is 12.1 Å². The third kappa shape index (κ3) is 1.90. The zero-order valence-corrected chi connectivity index (χ0v) is 8.57. The summed E-state index contributed by atoms with van der Waals surface area (Å²) in [5, 5.41) is 9.59. The van der Waals surface area contributed by atoms with Gasteiger partial charge in [0.05, 0.1) is 14.2 Å². The van der Waals surface area contributed by atoms with Crippen LogP contribution in [0.3, 0.4) is 0 Å². The quantitative estimate of drug-likeness (QED) is 0.769. The highest BCUT2D eigenvalue weighted by Gasteiger charge is 2.12. The first-order chi connectivity index (χ1) is 6.60. The molecule has 0 unspecified atom stereocenters. The van der Waals surface area contributed by atoms with E-state index >= 15 is 0 Å². The van der Waals surface area contributed by atoms with Crippen LogP contribution in [0.5, 0.6) is 17.2 Å². The number of hydrogen-bond donors (Lipinski definition) is 2. The van der Waals surface area contributed by atoms with Crippen LogP contribution in [0.1, 0.15) is 18.5 Å². The molecule has 14 heavy (non-hydrogen) atoms. The predicted molar refractivity (Wildman–Crippen MR) is 53.8 cm³/mol. The van der Waals surface area contributed by atoms with Crippen LogP contribution in [-0.2, 0) is 0 Å². The molecule has 0 amide bonds. The second-order valence-electron chi connectivity index (χ2n) is 3.06. The van der Waals surface area contributed by atoms with Crippen molar-refractivity contribution in [3.63, 3.8) is 0 Å². The number of phenolic OH excluding ortho intramolecular Hbond substituents is 1. The maximum atomic E-state index is 9.59. The summed E-state index contributed by atoms with van der Waals surface area (Å²) >= 11 is 0. The number of phenols is 1. The fraction of sp³-hybridized carbons (Fsp3) is 0.400. The van der Waals surface area contributed by atoms with E-state index < -0.39 is 0 Å². The summed E-state index contributed by atoms with van der Waals surface area (Å²) in [5.41, 5.74) is 6.50. The van der Waals surface area contributed by atoms with Gasteiger partial charge in [0.15, 0.2) is 11.5 Å². The van der Waals surface area contributed by atoms with Crippen molar-refractivity contribution >= 4 is 0 Å². The van der Waals surface area contributed by atoms with Gasteiger partial charge in [-0.2, -0.15) is 0 Å². The minimum Gasteiger partial charge on any atom is -0.504 e. The van der Waals surface area contributed by atoms with Gasteiger partial charge in [0.2, 0.25) is 5.75 Å². The van der Waals surface area contributed by atoms with Crippen molar-refractivity contribution in [1.29, 1.82) is 0 Å². The van der Waals surface area contributed by atoms with E-state index in [0.717, 1.165) is 5.56 Å². The molecule has 4 heteroatoms. The third-order valence-corrected chi connectivity index (χ3v) is 2.01. The van der Waals surface area contributed by atoms with Crippen LogP contribution in [0.4, 0.5) is 0 Å². The number of rotatable bonds is 3. The minimum absolute atomic E-state index is 0.0409. The SMILES string of the molecule is COc1cc([C@@H](C)N)cc(O)c1OC. The minimum atomic E-state index is -0.152. The molecule has 0 aliphatic carbocycles. The zero-order chi connectivity index (χ0) is 10.7. The van der Waals surface area contributed by atoms with Crippen LogP contribution in [0.2, 0.25) is 0 Å². The van der Waals surface area contributed by atoms with Crippen molar-refractivity contribution in [2.75, 3.05) is 14.2 Å². The molecule has 1 aromatic carbocycles. The Morgan fingerprint density at radius 2 is 1.93 bits per heavy atom. The Morgan fingerprint density at radius 3 is 2.36 bits per heavy atom. The molecule has 0 bridgehead atoms. The summed E-state index contributed by atoms with van der Waals surface area (Å²) < 4.78 is 10.1. The Hall–Kier alpha value is -1.42. The Morgan fingerprint density at radius 1 is 1.29 bits per heavy atom. The normalized spacial score (nSPS) is 12.3. The van der Waals surface area contributed by atoms with Gasteiger partial charge in [0.1, 0.15) is 0 Å². The molecule has 78 valence electrons. The van der Waals surface area contributed by atoms with Gasteiger partial charge in [-0.1, -0.05) is 0 Å². The van der Waals surface area contributed by atoms with Gasteiger partial charge < -0.3 is 20.3 Å². The molecule has 1 rings (SSSR count). The van der Waals surface area contributed by atoms with Crippen LogP contribution in [-0.4, -0.2) is 19.3 Å². The lowest BCUT2D eigenvalue weighted by Gasteiger charge is -2.13. The summed E-state index contributed by atoms with van der Waals surface area (Å²) in [7, 11) is 2.99. The molecule has 0 spiro atoms. The van der Waals surface area contributed by atoms with Gasteiger partial charge in [-0.05, 0) is 24.6 Å². The molecular formula is C10H15NO3.